The van der Waals surface area contributed by atoms with Crippen LogP contribution in [0.2, 0.25) is 0 Å². The number of aromatic nitrogens is 2. The summed E-state index contributed by atoms with van der Waals surface area (Å²) in [5.41, 5.74) is 1.48. The van der Waals surface area contributed by atoms with E-state index in [0.29, 0.717) is 16.3 Å². The number of H-pyrrole nitrogens is 1. The summed E-state index contributed by atoms with van der Waals surface area (Å²) in [7, 11) is -3.30. The van der Waals surface area contributed by atoms with Crippen molar-refractivity contribution in [3.8, 4) is 11.3 Å². The molecule has 7 heteroatoms. The Morgan fingerprint density at radius 2 is 1.92 bits per heavy atom. The zero-order chi connectivity index (χ0) is 17.5. The van der Waals surface area contributed by atoms with Crippen LogP contribution in [0.4, 0.5) is 0 Å². The minimum Gasteiger partial charge on any atom is -0.321 e. The van der Waals surface area contributed by atoms with Gasteiger partial charge in [-0.2, -0.15) is 0 Å². The SMILES string of the molecule is CC(C)(C)S(=O)(=O)Cc1nc(-c2cc3ccccc3[nH]c2=O)cs1. The summed E-state index contributed by atoms with van der Waals surface area (Å²) in [5.74, 6) is -0.118. The zero-order valence-electron chi connectivity index (χ0n) is 13.7. The van der Waals surface area contributed by atoms with Gasteiger partial charge in [-0.05, 0) is 38.3 Å². The topological polar surface area (TPSA) is 79.9 Å². The number of fused-ring (bicyclic) bond motifs is 1. The minimum atomic E-state index is -3.30. The van der Waals surface area contributed by atoms with Gasteiger partial charge in [-0.25, -0.2) is 13.4 Å². The Morgan fingerprint density at radius 1 is 1.21 bits per heavy atom. The molecule has 0 bridgehead atoms. The molecule has 24 heavy (non-hydrogen) atoms. The van der Waals surface area contributed by atoms with Crippen LogP contribution in [-0.2, 0) is 15.6 Å². The second-order valence-electron chi connectivity index (χ2n) is 6.60. The summed E-state index contributed by atoms with van der Waals surface area (Å²) in [6.07, 6.45) is 0. The van der Waals surface area contributed by atoms with Gasteiger partial charge in [0.05, 0.1) is 16.0 Å². The molecule has 126 valence electrons. The highest BCUT2D eigenvalue weighted by atomic mass is 32.2. The molecule has 0 aliphatic heterocycles. The molecule has 0 aliphatic rings. The molecule has 0 unspecified atom stereocenters. The maximum atomic E-state index is 12.3. The summed E-state index contributed by atoms with van der Waals surface area (Å²) in [6, 6.07) is 9.28. The van der Waals surface area contributed by atoms with Crippen molar-refractivity contribution in [1.82, 2.24) is 9.97 Å². The lowest BCUT2D eigenvalue weighted by Gasteiger charge is -2.17. The van der Waals surface area contributed by atoms with Crippen LogP contribution in [0.5, 0.6) is 0 Å². The molecule has 0 saturated carbocycles. The number of nitrogens with zero attached hydrogens (tertiary/aromatic N) is 1. The highest BCUT2D eigenvalue weighted by Crippen LogP contribution is 2.26. The summed E-state index contributed by atoms with van der Waals surface area (Å²) in [6.45, 7) is 5.01. The van der Waals surface area contributed by atoms with Crippen molar-refractivity contribution in [2.45, 2.75) is 31.3 Å². The van der Waals surface area contributed by atoms with Gasteiger partial charge < -0.3 is 4.98 Å². The fourth-order valence-corrected chi connectivity index (χ4v) is 4.36. The van der Waals surface area contributed by atoms with Gasteiger partial charge >= 0.3 is 0 Å². The van der Waals surface area contributed by atoms with Crippen molar-refractivity contribution in [2.75, 3.05) is 0 Å². The maximum Gasteiger partial charge on any atom is 0.257 e. The van der Waals surface area contributed by atoms with Crippen molar-refractivity contribution >= 4 is 32.1 Å². The largest absolute Gasteiger partial charge is 0.321 e. The lowest BCUT2D eigenvalue weighted by molar-refractivity contribution is 0.559. The summed E-state index contributed by atoms with van der Waals surface area (Å²) in [5, 5.41) is 3.13. The highest BCUT2D eigenvalue weighted by Gasteiger charge is 2.30. The summed E-state index contributed by atoms with van der Waals surface area (Å²) >= 11 is 1.26. The van der Waals surface area contributed by atoms with Crippen LogP contribution in [-0.4, -0.2) is 23.1 Å². The molecule has 3 aromatic rings. The summed E-state index contributed by atoms with van der Waals surface area (Å²) < 4.78 is 23.8. The standard InChI is InChI=1S/C17H18N2O3S2/c1-17(2,3)24(21,22)10-15-18-14(9-23-15)12-8-11-6-4-5-7-13(11)19-16(12)20/h4-9H,10H2,1-3H3,(H,19,20). The summed E-state index contributed by atoms with van der Waals surface area (Å²) in [4.78, 5) is 19.5. The van der Waals surface area contributed by atoms with E-state index in [0.717, 1.165) is 10.9 Å². The molecule has 0 amide bonds. The number of para-hydroxylation sites is 1. The van der Waals surface area contributed by atoms with E-state index in [1.807, 2.05) is 24.3 Å². The Labute approximate surface area is 144 Å². The predicted molar refractivity (Wildman–Crippen MR) is 98.1 cm³/mol. The lowest BCUT2D eigenvalue weighted by Crippen LogP contribution is -2.29. The Balaban J connectivity index is 2.00. The van der Waals surface area contributed by atoms with Crippen molar-refractivity contribution in [2.24, 2.45) is 0 Å². The van der Waals surface area contributed by atoms with Crippen LogP contribution in [0.3, 0.4) is 0 Å². The second kappa shape index (κ2) is 5.82. The van der Waals surface area contributed by atoms with Gasteiger partial charge in [-0.1, -0.05) is 18.2 Å². The quantitative estimate of drug-likeness (QED) is 0.775. The number of hydrogen-bond acceptors (Lipinski definition) is 5. The van der Waals surface area contributed by atoms with Crippen LogP contribution in [0, 0.1) is 0 Å². The third-order valence-corrected chi connectivity index (χ3v) is 7.38. The fourth-order valence-electron chi connectivity index (χ4n) is 2.22. The van der Waals surface area contributed by atoms with Crippen LogP contribution in [0.25, 0.3) is 22.2 Å². The molecule has 0 fully saturated rings. The third kappa shape index (κ3) is 3.14. The normalized spacial score (nSPS) is 12.6. The molecule has 1 N–H and O–H groups in total. The molecule has 5 nitrogen and oxygen atoms in total. The lowest BCUT2D eigenvalue weighted by atomic mass is 10.1. The van der Waals surface area contributed by atoms with E-state index in [9.17, 15) is 13.2 Å². The van der Waals surface area contributed by atoms with E-state index in [2.05, 4.69) is 9.97 Å². The number of pyridine rings is 1. The van der Waals surface area contributed by atoms with E-state index in [1.165, 1.54) is 11.3 Å². The Kier molecular flexibility index (Phi) is 4.09. The first-order valence-electron chi connectivity index (χ1n) is 7.46. The molecular weight excluding hydrogens is 344 g/mol. The van der Waals surface area contributed by atoms with Gasteiger partial charge in [0.15, 0.2) is 9.84 Å². The van der Waals surface area contributed by atoms with Crippen LogP contribution in [0.1, 0.15) is 25.8 Å². The number of aromatic amines is 1. The van der Waals surface area contributed by atoms with Gasteiger partial charge in [0.1, 0.15) is 10.8 Å². The predicted octanol–water partition coefficient (Wildman–Crippen LogP) is 3.36. The number of sulfone groups is 1. The minimum absolute atomic E-state index is 0.118. The van der Waals surface area contributed by atoms with E-state index >= 15 is 0 Å². The second-order valence-corrected chi connectivity index (χ2v) is 10.3. The zero-order valence-corrected chi connectivity index (χ0v) is 15.3. The number of benzene rings is 1. The van der Waals surface area contributed by atoms with E-state index < -0.39 is 14.6 Å². The van der Waals surface area contributed by atoms with Crippen LogP contribution >= 0.6 is 11.3 Å². The number of rotatable bonds is 3. The molecule has 0 aliphatic carbocycles. The van der Waals surface area contributed by atoms with Crippen molar-refractivity contribution in [1.29, 1.82) is 0 Å². The van der Waals surface area contributed by atoms with Crippen LogP contribution in [0.15, 0.2) is 40.5 Å². The fraction of sp³-hybridized carbons (Fsp3) is 0.294. The molecular formula is C17H18N2O3S2. The van der Waals surface area contributed by atoms with E-state index in [1.54, 1.807) is 32.2 Å². The van der Waals surface area contributed by atoms with Gasteiger partial charge in [-0.15, -0.1) is 11.3 Å². The highest BCUT2D eigenvalue weighted by molar-refractivity contribution is 7.92. The number of hydrogen-bond donors (Lipinski definition) is 1. The van der Waals surface area contributed by atoms with Gasteiger partial charge in [0.25, 0.3) is 5.56 Å². The van der Waals surface area contributed by atoms with E-state index in [-0.39, 0.29) is 11.3 Å². The van der Waals surface area contributed by atoms with Crippen molar-refractivity contribution in [3.05, 3.63) is 51.1 Å². The molecule has 0 atom stereocenters. The van der Waals surface area contributed by atoms with Gasteiger partial charge in [0, 0.05) is 10.9 Å². The third-order valence-electron chi connectivity index (χ3n) is 3.83. The first-order valence-corrected chi connectivity index (χ1v) is 10.00. The smallest absolute Gasteiger partial charge is 0.257 e. The molecule has 0 spiro atoms. The average Bonchev–Trinajstić information content (AvgIpc) is 2.93. The molecule has 0 radical (unpaired) electrons. The monoisotopic (exact) mass is 362 g/mol. The maximum absolute atomic E-state index is 12.3. The van der Waals surface area contributed by atoms with E-state index in [4.69, 9.17) is 0 Å². The number of nitrogens with one attached hydrogen (secondary N) is 1. The van der Waals surface area contributed by atoms with Crippen molar-refractivity contribution < 1.29 is 8.42 Å². The van der Waals surface area contributed by atoms with Gasteiger partial charge in [-0.3, -0.25) is 4.79 Å². The first-order chi connectivity index (χ1) is 11.2. The Morgan fingerprint density at radius 3 is 2.62 bits per heavy atom. The molecule has 2 aromatic heterocycles. The first kappa shape index (κ1) is 16.9. The average molecular weight is 362 g/mol. The van der Waals surface area contributed by atoms with Crippen molar-refractivity contribution in [3.63, 3.8) is 0 Å². The van der Waals surface area contributed by atoms with Crippen LogP contribution < -0.4 is 5.56 Å². The number of thiazole rings is 1. The Hall–Kier alpha value is -1.99. The molecule has 1 aromatic carbocycles. The van der Waals surface area contributed by atoms with Gasteiger partial charge in [0.2, 0.25) is 0 Å². The molecule has 3 rings (SSSR count). The molecule has 2 heterocycles. The molecule has 0 saturated heterocycles. The Bertz CT molecular complexity index is 1060.